The Bertz CT molecular complexity index is 1680. The lowest BCUT2D eigenvalue weighted by molar-refractivity contribution is -0.870. The third-order valence-corrected chi connectivity index (χ3v) is 17.6. The van der Waals surface area contributed by atoms with Gasteiger partial charge in [0.15, 0.2) is 0 Å². The van der Waals surface area contributed by atoms with Gasteiger partial charge in [-0.05, 0) is 77.0 Å². The van der Waals surface area contributed by atoms with E-state index in [0.717, 1.165) is 70.6 Å². The van der Waals surface area contributed by atoms with Crippen LogP contribution in [0, 0.1) is 0 Å². The molecular formula is C77H144N2O6P+. The van der Waals surface area contributed by atoms with Crippen molar-refractivity contribution in [3.05, 3.63) is 85.1 Å². The molecule has 0 rings (SSSR count). The van der Waals surface area contributed by atoms with Gasteiger partial charge in [0.25, 0.3) is 0 Å². The molecule has 0 aliphatic heterocycles. The Kier molecular flexibility index (Phi) is 65.3. The van der Waals surface area contributed by atoms with Crippen LogP contribution in [0.25, 0.3) is 0 Å². The molecule has 86 heavy (non-hydrogen) atoms. The number of likely N-dealkylation sites (N-methyl/N-ethyl adjacent to an activating group) is 1. The number of carbonyl (C=O) groups excluding carboxylic acids is 1. The Balaban J connectivity index is 4.05. The third kappa shape index (κ3) is 69.2. The lowest BCUT2D eigenvalue weighted by Gasteiger charge is -2.25. The van der Waals surface area contributed by atoms with Gasteiger partial charge in [0.05, 0.1) is 39.9 Å². The molecular weight excluding hydrogens is 1080 g/mol. The van der Waals surface area contributed by atoms with Gasteiger partial charge in [0, 0.05) is 6.42 Å². The van der Waals surface area contributed by atoms with Gasteiger partial charge in [0.1, 0.15) is 13.2 Å². The zero-order valence-corrected chi connectivity index (χ0v) is 58.4. The smallest absolute Gasteiger partial charge is 0.387 e. The van der Waals surface area contributed by atoms with Crippen LogP contribution in [0.2, 0.25) is 0 Å². The molecule has 0 bridgehead atoms. The maximum absolute atomic E-state index is 13.1. The molecule has 0 aliphatic rings. The van der Waals surface area contributed by atoms with Crippen LogP contribution >= 0.6 is 7.82 Å². The van der Waals surface area contributed by atoms with E-state index in [1.807, 2.05) is 27.2 Å². The van der Waals surface area contributed by atoms with E-state index in [9.17, 15) is 19.4 Å². The highest BCUT2D eigenvalue weighted by atomic mass is 31.2. The van der Waals surface area contributed by atoms with Crippen molar-refractivity contribution in [3.63, 3.8) is 0 Å². The number of hydrogen-bond acceptors (Lipinski definition) is 5. The van der Waals surface area contributed by atoms with Crippen molar-refractivity contribution >= 4 is 13.7 Å². The minimum absolute atomic E-state index is 0.0553. The van der Waals surface area contributed by atoms with E-state index in [1.165, 1.54) is 257 Å². The van der Waals surface area contributed by atoms with E-state index in [0.29, 0.717) is 17.4 Å². The van der Waals surface area contributed by atoms with Gasteiger partial charge in [0.2, 0.25) is 5.91 Å². The average Bonchev–Trinajstić information content (AvgIpc) is 3.70. The quantitative estimate of drug-likeness (QED) is 0.0243. The second-order valence-corrected chi connectivity index (χ2v) is 27.7. The van der Waals surface area contributed by atoms with Gasteiger partial charge in [-0.2, -0.15) is 0 Å². The molecule has 0 aromatic heterocycles. The summed E-state index contributed by atoms with van der Waals surface area (Å²) in [6.07, 6.45) is 96.1. The minimum atomic E-state index is -4.37. The lowest BCUT2D eigenvalue weighted by Crippen LogP contribution is -2.45. The first-order valence-electron chi connectivity index (χ1n) is 37.0. The van der Waals surface area contributed by atoms with Crippen LogP contribution in [0.5, 0.6) is 0 Å². The number of phosphoric acid groups is 1. The highest BCUT2D eigenvalue weighted by Gasteiger charge is 2.28. The molecule has 0 saturated heterocycles. The van der Waals surface area contributed by atoms with E-state index >= 15 is 0 Å². The van der Waals surface area contributed by atoms with Crippen LogP contribution in [0.3, 0.4) is 0 Å². The zero-order valence-electron chi connectivity index (χ0n) is 57.6. The van der Waals surface area contributed by atoms with Gasteiger partial charge < -0.3 is 19.8 Å². The van der Waals surface area contributed by atoms with Crippen molar-refractivity contribution in [2.75, 3.05) is 40.9 Å². The number of nitrogens with one attached hydrogen (secondary N) is 1. The molecule has 0 aromatic carbocycles. The molecule has 0 aliphatic carbocycles. The topological polar surface area (TPSA) is 105 Å². The molecule has 0 saturated carbocycles. The largest absolute Gasteiger partial charge is 0.472 e. The van der Waals surface area contributed by atoms with Gasteiger partial charge in [-0.1, -0.05) is 349 Å². The zero-order chi connectivity index (χ0) is 62.6. The van der Waals surface area contributed by atoms with E-state index in [2.05, 4.69) is 92.1 Å². The monoisotopic (exact) mass is 1220 g/mol. The summed E-state index contributed by atoms with van der Waals surface area (Å²) < 4.78 is 23.8. The van der Waals surface area contributed by atoms with E-state index in [-0.39, 0.29) is 19.1 Å². The number of aliphatic hydroxyl groups excluding tert-OH is 1. The van der Waals surface area contributed by atoms with Gasteiger partial charge in [-0.15, -0.1) is 0 Å². The van der Waals surface area contributed by atoms with Gasteiger partial charge in [-0.25, -0.2) is 4.57 Å². The molecule has 502 valence electrons. The Morgan fingerprint density at radius 3 is 1.07 bits per heavy atom. The molecule has 3 N–H and O–H groups in total. The summed E-state index contributed by atoms with van der Waals surface area (Å²) in [4.78, 5) is 23.4. The standard InChI is InChI=1S/C77H143N2O6P/c1-6-8-10-12-14-16-18-20-22-24-26-28-30-32-34-36-37-38-39-40-41-43-45-47-49-51-53-55-57-59-61-63-65-67-69-71-77(81)78-75(74-85-86(82,83)84-73-72-79(3,4)5)76(80)70-68-66-64-62-60-58-56-54-52-50-48-46-44-42-35-33-31-29-27-25-23-21-19-17-15-13-11-9-7-2/h8,10,14,16,20,22,26,28,32,34,60,62,68,70,75-76,80H,6-7,9,11-13,15,17-19,21,23-25,27,29-31,33,35-59,61,63-67,69,71-74H2,1-5H3,(H-,78,81,82,83)/p+1/b10-8-,16-14-,22-20-,28-26-,34-32-,62-60+,70-68+. The molecule has 1 amide bonds. The van der Waals surface area contributed by atoms with Crippen LogP contribution in [-0.4, -0.2) is 73.4 Å². The number of carbonyl (C=O) groups is 1. The van der Waals surface area contributed by atoms with E-state index in [4.69, 9.17) is 9.05 Å². The van der Waals surface area contributed by atoms with Gasteiger partial charge in [-0.3, -0.25) is 13.8 Å². The predicted molar refractivity (Wildman–Crippen MR) is 378 cm³/mol. The van der Waals surface area contributed by atoms with Crippen molar-refractivity contribution in [2.24, 2.45) is 0 Å². The van der Waals surface area contributed by atoms with E-state index < -0.39 is 20.0 Å². The van der Waals surface area contributed by atoms with Crippen LogP contribution < -0.4 is 5.32 Å². The number of unbranched alkanes of at least 4 members (excludes halogenated alkanes) is 43. The lowest BCUT2D eigenvalue weighted by atomic mass is 10.0. The first kappa shape index (κ1) is 83.7. The molecule has 0 spiro atoms. The molecule has 0 heterocycles. The van der Waals surface area contributed by atoms with Crippen molar-refractivity contribution in [2.45, 2.75) is 360 Å². The second kappa shape index (κ2) is 67.1. The number of aliphatic hydroxyl groups is 1. The average molecular weight is 1220 g/mol. The first-order valence-corrected chi connectivity index (χ1v) is 38.5. The van der Waals surface area contributed by atoms with Gasteiger partial charge >= 0.3 is 7.82 Å². The number of rotatable bonds is 68. The summed E-state index contributed by atoms with van der Waals surface area (Å²) in [5.41, 5.74) is 0. The van der Waals surface area contributed by atoms with E-state index in [1.54, 1.807) is 6.08 Å². The Hall–Kier alpha value is -2.32. The summed E-state index contributed by atoms with van der Waals surface area (Å²) in [6, 6.07) is -0.868. The van der Waals surface area contributed by atoms with Crippen LogP contribution in [0.15, 0.2) is 85.1 Å². The number of nitrogens with zero attached hydrogens (tertiary/aromatic N) is 1. The summed E-state index contributed by atoms with van der Waals surface area (Å²) >= 11 is 0. The number of amides is 1. The fourth-order valence-corrected chi connectivity index (χ4v) is 11.6. The van der Waals surface area contributed by atoms with Crippen LogP contribution in [-0.2, 0) is 18.4 Å². The minimum Gasteiger partial charge on any atom is -0.387 e. The number of hydrogen-bond donors (Lipinski definition) is 3. The Labute approximate surface area is 535 Å². The highest BCUT2D eigenvalue weighted by molar-refractivity contribution is 7.47. The summed E-state index contributed by atoms with van der Waals surface area (Å²) in [5, 5.41) is 14.0. The summed E-state index contributed by atoms with van der Waals surface area (Å²) in [7, 11) is 1.56. The van der Waals surface area contributed by atoms with Crippen molar-refractivity contribution in [1.82, 2.24) is 5.32 Å². The third-order valence-electron chi connectivity index (χ3n) is 16.6. The number of phosphoric ester groups is 1. The fourth-order valence-electron chi connectivity index (χ4n) is 10.9. The maximum Gasteiger partial charge on any atom is 0.472 e. The maximum atomic E-state index is 13.1. The molecule has 3 atom stereocenters. The van der Waals surface area contributed by atoms with Crippen molar-refractivity contribution in [3.8, 4) is 0 Å². The van der Waals surface area contributed by atoms with Crippen LogP contribution in [0.4, 0.5) is 0 Å². The van der Waals surface area contributed by atoms with Crippen LogP contribution in [0.1, 0.15) is 348 Å². The van der Waals surface area contributed by atoms with Crippen molar-refractivity contribution < 1.29 is 32.9 Å². The summed E-state index contributed by atoms with van der Waals surface area (Å²) in [5.74, 6) is -0.183. The Morgan fingerprint density at radius 2 is 0.709 bits per heavy atom. The fraction of sp³-hybridized carbons (Fsp3) is 0.805. The Morgan fingerprint density at radius 1 is 0.407 bits per heavy atom. The number of allylic oxidation sites excluding steroid dienone is 13. The molecule has 3 unspecified atom stereocenters. The molecule has 0 radical (unpaired) electrons. The summed E-state index contributed by atoms with van der Waals surface area (Å²) in [6.45, 7) is 4.72. The second-order valence-electron chi connectivity index (χ2n) is 26.3. The predicted octanol–water partition coefficient (Wildman–Crippen LogP) is 23.9. The molecule has 9 heteroatoms. The first-order chi connectivity index (χ1) is 42.0. The SMILES string of the molecule is CC/C=C\C/C=C\C/C=C\C/C=C\C/C=C\CCCCCCCCCCCCCCCCCCCCCC(=O)NC(COP(=O)(O)OCC[N+](C)(C)C)C(O)/C=C/CC/C=C/CCCCCCCCCCCCCCCCCCCCCCCCC. The molecule has 0 fully saturated rings. The molecule has 0 aromatic rings. The normalized spacial score (nSPS) is 14.1. The highest BCUT2D eigenvalue weighted by Crippen LogP contribution is 2.43. The van der Waals surface area contributed by atoms with Crippen molar-refractivity contribution in [1.29, 1.82) is 0 Å². The molecule has 8 nitrogen and oxygen atoms in total. The number of quaternary nitrogens is 1.